The maximum atomic E-state index is 13.4. The molecule has 2 aromatic carbocycles. The van der Waals surface area contributed by atoms with Crippen LogP contribution in [0, 0.1) is 11.8 Å². The molecule has 14 heteroatoms. The molecule has 310 valence electrons. The summed E-state index contributed by atoms with van der Waals surface area (Å²) in [5.41, 5.74) is 4.90. The number of aliphatic hydroxyl groups is 1. The Kier molecular flexibility index (Phi) is 10.0. The number of aliphatic hydroxyl groups excluding tert-OH is 1. The molecule has 10 rings (SSSR count). The predicted molar refractivity (Wildman–Crippen MR) is 224 cm³/mol. The number of ether oxygens (including phenoxy) is 1. The number of anilines is 2. The van der Waals surface area contributed by atoms with Gasteiger partial charge < -0.3 is 19.6 Å². The number of imide groups is 1. The van der Waals surface area contributed by atoms with Gasteiger partial charge >= 0.3 is 0 Å². The second-order valence-corrected chi connectivity index (χ2v) is 18.0. The summed E-state index contributed by atoms with van der Waals surface area (Å²) in [6, 6.07) is 15.2. The van der Waals surface area contributed by atoms with Crippen molar-refractivity contribution in [2.75, 3.05) is 75.2 Å². The Balaban J connectivity index is 0.665. The number of hydrogen-bond acceptors (Lipinski definition) is 11. The quantitative estimate of drug-likeness (QED) is 0.194. The fourth-order valence-electron chi connectivity index (χ4n) is 10.1. The first-order valence-corrected chi connectivity index (χ1v) is 21.7. The number of H-pyrrole nitrogens is 1. The van der Waals surface area contributed by atoms with E-state index in [1.54, 1.807) is 0 Å². The summed E-state index contributed by atoms with van der Waals surface area (Å²) in [4.78, 5) is 53.6. The number of nitrogens with one attached hydrogen (secondary N) is 2. The number of fused-ring (bicyclic) bond motifs is 2. The Morgan fingerprint density at radius 3 is 2.19 bits per heavy atom. The van der Waals surface area contributed by atoms with Gasteiger partial charge in [0.15, 0.2) is 6.23 Å². The average molecular weight is 802 g/mol. The van der Waals surface area contributed by atoms with Crippen LogP contribution >= 0.6 is 0 Å². The van der Waals surface area contributed by atoms with Crippen LogP contribution in [0.3, 0.4) is 0 Å². The monoisotopic (exact) mass is 801 g/mol. The molecule has 2 aliphatic carbocycles. The highest BCUT2D eigenvalue weighted by Crippen LogP contribution is 2.41. The smallest absolute Gasteiger partial charge is 0.257 e. The van der Waals surface area contributed by atoms with Gasteiger partial charge in [0, 0.05) is 106 Å². The van der Waals surface area contributed by atoms with Crippen LogP contribution in [-0.4, -0.2) is 130 Å². The van der Waals surface area contributed by atoms with E-state index in [9.17, 15) is 19.5 Å². The Morgan fingerprint density at radius 1 is 0.814 bits per heavy atom. The van der Waals surface area contributed by atoms with Gasteiger partial charge in [-0.05, 0) is 106 Å². The van der Waals surface area contributed by atoms with Crippen molar-refractivity contribution in [3.05, 3.63) is 65.9 Å². The van der Waals surface area contributed by atoms with Crippen LogP contribution in [-0.2, 0) is 9.59 Å². The van der Waals surface area contributed by atoms with Gasteiger partial charge in [-0.15, -0.1) is 0 Å². The summed E-state index contributed by atoms with van der Waals surface area (Å²) in [5.74, 6) is 2.17. The number of rotatable bonds is 10. The minimum atomic E-state index is -1.19. The summed E-state index contributed by atoms with van der Waals surface area (Å²) >= 11 is 0. The number of nitrogens with zero attached hydrogens (tertiary/aromatic N) is 7. The largest absolute Gasteiger partial charge is 0.488 e. The van der Waals surface area contributed by atoms with Crippen LogP contribution in [0.15, 0.2) is 54.7 Å². The number of amides is 3. The summed E-state index contributed by atoms with van der Waals surface area (Å²) in [5, 5.41) is 22.2. The number of pyridine rings is 1. The number of aromatic amines is 1. The van der Waals surface area contributed by atoms with Crippen molar-refractivity contribution in [2.24, 2.45) is 11.8 Å². The number of aromatic nitrogens is 3. The van der Waals surface area contributed by atoms with E-state index in [4.69, 9.17) is 14.8 Å². The van der Waals surface area contributed by atoms with Crippen molar-refractivity contribution in [1.29, 1.82) is 0 Å². The molecule has 6 aliphatic rings. The molecule has 0 spiro atoms. The van der Waals surface area contributed by atoms with Crippen molar-refractivity contribution in [1.82, 2.24) is 35.2 Å². The first-order chi connectivity index (χ1) is 28.7. The Morgan fingerprint density at radius 2 is 1.51 bits per heavy atom. The van der Waals surface area contributed by atoms with Gasteiger partial charge in [0.25, 0.3) is 5.91 Å². The van der Waals surface area contributed by atoms with Crippen molar-refractivity contribution in [3.8, 4) is 17.0 Å². The molecule has 3 saturated heterocycles. The maximum Gasteiger partial charge on any atom is 0.257 e. The Labute approximate surface area is 344 Å². The molecule has 0 bridgehead atoms. The fourth-order valence-corrected chi connectivity index (χ4v) is 10.1. The molecular weight excluding hydrogens is 747 g/mol. The first kappa shape index (κ1) is 38.2. The molecule has 2 aromatic heterocycles. The molecule has 5 fully saturated rings. The van der Waals surface area contributed by atoms with Crippen LogP contribution in [0.4, 0.5) is 11.5 Å². The lowest BCUT2D eigenvalue weighted by molar-refractivity contribution is -0.139. The highest BCUT2D eigenvalue weighted by Gasteiger charge is 2.45. The van der Waals surface area contributed by atoms with Crippen LogP contribution in [0.2, 0.25) is 0 Å². The first-order valence-electron chi connectivity index (χ1n) is 21.7. The predicted octanol–water partition coefficient (Wildman–Crippen LogP) is 4.56. The van der Waals surface area contributed by atoms with Gasteiger partial charge in [-0.25, -0.2) is 4.98 Å². The number of piperidine rings is 1. The highest BCUT2D eigenvalue weighted by molar-refractivity contribution is 6.06. The third kappa shape index (κ3) is 7.78. The van der Waals surface area contributed by atoms with E-state index < -0.39 is 18.2 Å². The van der Waals surface area contributed by atoms with E-state index in [0.29, 0.717) is 11.1 Å². The van der Waals surface area contributed by atoms with Crippen molar-refractivity contribution >= 4 is 40.1 Å². The lowest BCUT2D eigenvalue weighted by Crippen LogP contribution is -2.53. The fraction of sp³-hybridized carbons (Fsp3) is 0.533. The number of piperazine rings is 2. The number of benzene rings is 2. The normalized spacial score (nSPS) is 26.3. The Bertz CT molecular complexity index is 2230. The van der Waals surface area contributed by atoms with Gasteiger partial charge in [-0.1, -0.05) is 6.07 Å². The second kappa shape index (κ2) is 15.5. The molecule has 3 amide bonds. The van der Waals surface area contributed by atoms with Crippen LogP contribution in [0.1, 0.15) is 80.4 Å². The zero-order valence-electron chi connectivity index (χ0n) is 33.9. The molecule has 0 radical (unpaired) electrons. The van der Waals surface area contributed by atoms with Gasteiger partial charge in [0.1, 0.15) is 28.9 Å². The highest BCUT2D eigenvalue weighted by atomic mass is 16.5. The molecule has 6 heterocycles. The number of carbonyl (C=O) groups excluding carboxylic acids is 3. The van der Waals surface area contributed by atoms with Crippen LogP contribution in [0.25, 0.3) is 22.2 Å². The van der Waals surface area contributed by atoms with Gasteiger partial charge in [-0.3, -0.25) is 39.5 Å². The van der Waals surface area contributed by atoms with E-state index in [0.717, 1.165) is 123 Å². The lowest BCUT2D eigenvalue weighted by atomic mass is 9.81. The molecule has 14 nitrogen and oxygen atoms in total. The molecule has 3 N–H and O–H groups in total. The van der Waals surface area contributed by atoms with E-state index in [-0.39, 0.29) is 30.3 Å². The van der Waals surface area contributed by atoms with Gasteiger partial charge in [0.05, 0.1) is 5.52 Å². The number of hydrogen-bond donors (Lipinski definition) is 3. The average Bonchev–Trinajstić information content (AvgIpc) is 3.73. The van der Waals surface area contributed by atoms with Crippen molar-refractivity contribution in [2.45, 2.75) is 76.2 Å². The summed E-state index contributed by atoms with van der Waals surface area (Å²) in [6.07, 6.45) is 8.45. The zero-order valence-corrected chi connectivity index (χ0v) is 33.9. The molecule has 2 saturated carbocycles. The maximum absolute atomic E-state index is 13.4. The molecule has 59 heavy (non-hydrogen) atoms. The van der Waals surface area contributed by atoms with Crippen molar-refractivity contribution in [3.63, 3.8) is 0 Å². The Hall–Kier alpha value is -5.05. The summed E-state index contributed by atoms with van der Waals surface area (Å²) in [6.45, 7) is 12.3. The summed E-state index contributed by atoms with van der Waals surface area (Å²) < 4.78 is 6.25. The van der Waals surface area contributed by atoms with Crippen LogP contribution < -0.4 is 19.9 Å². The van der Waals surface area contributed by atoms with E-state index in [2.05, 4.69) is 61.2 Å². The minimum Gasteiger partial charge on any atom is -0.488 e. The van der Waals surface area contributed by atoms with E-state index in [1.165, 1.54) is 37.1 Å². The third-order valence-electron chi connectivity index (χ3n) is 13.9. The zero-order chi connectivity index (χ0) is 40.3. The van der Waals surface area contributed by atoms with Crippen molar-refractivity contribution < 1.29 is 24.2 Å². The summed E-state index contributed by atoms with van der Waals surface area (Å²) in [7, 11) is 0. The topological polar surface area (TPSA) is 150 Å². The number of carbonyl (C=O) groups is 3. The second-order valence-electron chi connectivity index (χ2n) is 18.0. The third-order valence-corrected chi connectivity index (χ3v) is 13.9. The molecule has 2 unspecified atom stereocenters. The van der Waals surface area contributed by atoms with E-state index in [1.807, 2.05) is 30.5 Å². The van der Waals surface area contributed by atoms with E-state index >= 15 is 0 Å². The van der Waals surface area contributed by atoms with Gasteiger partial charge in [0.2, 0.25) is 11.8 Å². The molecular formula is C45H55N9O5. The molecule has 2 atom stereocenters. The molecule has 4 aliphatic heterocycles. The standard InChI is InChI=1S/C45H55N9O5/c1-45(13-14-45)59-33-7-9-37-36(26-33)41(49-48-37)31-12-15-46-39(24-31)53-22-18-51(19-23-53)28-30-4-2-29(3-5-30)27-50-16-20-52(21-17-50)32-6-8-34-35(25-32)44(58)54(43(34)57)38-10-11-40(55)47-42(38)56/h6-9,12,15,24-26,29-30,38,43,57H,2-5,10-11,13-14,16-23,27-28H2,1H3,(H,48,49)(H,47,55,56)/t29-,30-,38?,43?. The van der Waals surface area contributed by atoms with Gasteiger partial charge in [-0.2, -0.15) is 5.10 Å². The van der Waals surface area contributed by atoms with Crippen LogP contribution in [0.5, 0.6) is 5.75 Å². The lowest BCUT2D eigenvalue weighted by Gasteiger charge is -2.40. The minimum absolute atomic E-state index is 0.0253. The molecule has 4 aromatic rings. The SMILES string of the molecule is CC1(Oc2ccc3[nH]nc(-c4ccnc(N5CCN(C[C@H]6CC[C@H](CN7CCN(c8ccc9c(c8)C(=O)N(C8CCC(=O)NC8=O)C9O)CC7)CC6)CC5)c4)c3c2)CC1.